The lowest BCUT2D eigenvalue weighted by Crippen LogP contribution is -2.47. The van der Waals surface area contributed by atoms with Gasteiger partial charge in [-0.25, -0.2) is 0 Å². The van der Waals surface area contributed by atoms with Crippen molar-refractivity contribution in [3.05, 3.63) is 59.7 Å². The Morgan fingerprint density at radius 2 is 2.09 bits per heavy atom. The van der Waals surface area contributed by atoms with Gasteiger partial charge in [0.05, 0.1) is 18.8 Å². The van der Waals surface area contributed by atoms with Crippen molar-refractivity contribution in [2.45, 2.75) is 19.6 Å². The summed E-state index contributed by atoms with van der Waals surface area (Å²) in [6, 6.07) is 17.0. The fraction of sp³-hybridized carbons (Fsp3) is 0.316. The van der Waals surface area contributed by atoms with Crippen molar-refractivity contribution in [3.63, 3.8) is 0 Å². The Morgan fingerprint density at radius 1 is 1.22 bits per heavy atom. The Labute approximate surface area is 136 Å². The fourth-order valence-corrected chi connectivity index (χ4v) is 3.19. The quantitative estimate of drug-likeness (QED) is 0.947. The third kappa shape index (κ3) is 2.89. The number of hydrogen-bond acceptors (Lipinski definition) is 4. The molecule has 0 aromatic heterocycles. The molecule has 1 unspecified atom stereocenters. The number of rotatable bonds is 3. The van der Waals surface area contributed by atoms with Gasteiger partial charge in [0.1, 0.15) is 11.6 Å². The second-order valence-electron chi connectivity index (χ2n) is 6.14. The van der Waals surface area contributed by atoms with Crippen LogP contribution in [0.1, 0.15) is 11.1 Å². The average molecular weight is 307 g/mol. The number of anilines is 1. The van der Waals surface area contributed by atoms with Crippen molar-refractivity contribution < 1.29 is 4.74 Å². The van der Waals surface area contributed by atoms with E-state index in [9.17, 15) is 0 Å². The van der Waals surface area contributed by atoms with Crippen LogP contribution in [0, 0.1) is 6.92 Å². The Kier molecular flexibility index (Phi) is 3.66. The van der Waals surface area contributed by atoms with Crippen molar-refractivity contribution in [1.82, 2.24) is 5.32 Å². The molecule has 0 fully saturated rings. The molecule has 0 bridgehead atoms. The van der Waals surface area contributed by atoms with Gasteiger partial charge in [-0.3, -0.25) is 4.99 Å². The van der Waals surface area contributed by atoms with Crippen molar-refractivity contribution >= 4 is 11.5 Å². The summed E-state index contributed by atoms with van der Waals surface area (Å²) >= 11 is 0. The molecule has 2 aliphatic rings. The van der Waals surface area contributed by atoms with Crippen LogP contribution in [0.25, 0.3) is 0 Å². The molecular formula is C19H21N3O. The molecule has 0 amide bonds. The lowest BCUT2D eigenvalue weighted by Gasteiger charge is -2.36. The zero-order valence-electron chi connectivity index (χ0n) is 13.3. The van der Waals surface area contributed by atoms with Gasteiger partial charge in [-0.05, 0) is 30.2 Å². The van der Waals surface area contributed by atoms with E-state index in [1.165, 1.54) is 16.8 Å². The summed E-state index contributed by atoms with van der Waals surface area (Å²) in [6.45, 7) is 5.57. The van der Waals surface area contributed by atoms with Crippen LogP contribution in [0.2, 0.25) is 0 Å². The predicted molar refractivity (Wildman–Crippen MR) is 93.4 cm³/mol. The molecule has 4 heteroatoms. The van der Waals surface area contributed by atoms with E-state index in [-0.39, 0.29) is 6.10 Å². The van der Waals surface area contributed by atoms with E-state index in [0.717, 1.165) is 37.8 Å². The molecule has 1 atom stereocenters. The van der Waals surface area contributed by atoms with Crippen molar-refractivity contribution in [1.29, 1.82) is 0 Å². The maximum atomic E-state index is 6.20. The maximum Gasteiger partial charge on any atom is 0.173 e. The third-order valence-electron chi connectivity index (χ3n) is 4.33. The van der Waals surface area contributed by atoms with Gasteiger partial charge in [0, 0.05) is 13.1 Å². The number of amidine groups is 1. The molecule has 118 valence electrons. The molecule has 2 aromatic rings. The van der Waals surface area contributed by atoms with E-state index in [1.54, 1.807) is 0 Å². The third-order valence-corrected chi connectivity index (χ3v) is 4.33. The summed E-state index contributed by atoms with van der Waals surface area (Å²) in [5, 5.41) is 3.35. The molecule has 4 nitrogen and oxygen atoms in total. The van der Waals surface area contributed by atoms with Gasteiger partial charge in [-0.1, -0.05) is 36.4 Å². The maximum absolute atomic E-state index is 6.20. The summed E-state index contributed by atoms with van der Waals surface area (Å²) in [5.41, 5.74) is 3.73. The first-order valence-corrected chi connectivity index (χ1v) is 8.14. The number of ether oxygens (including phenoxy) is 1. The minimum Gasteiger partial charge on any atom is -0.478 e. The van der Waals surface area contributed by atoms with Crippen LogP contribution in [-0.2, 0) is 6.54 Å². The second kappa shape index (κ2) is 5.95. The molecule has 2 aliphatic heterocycles. The van der Waals surface area contributed by atoms with Crippen LogP contribution in [0.5, 0.6) is 5.75 Å². The molecule has 4 rings (SSSR count). The topological polar surface area (TPSA) is 36.9 Å². The van der Waals surface area contributed by atoms with Gasteiger partial charge in [-0.2, -0.15) is 0 Å². The van der Waals surface area contributed by atoms with Crippen LogP contribution in [-0.4, -0.2) is 31.6 Å². The number of hydrogen-bond donors (Lipinski definition) is 1. The summed E-state index contributed by atoms with van der Waals surface area (Å²) in [4.78, 5) is 6.94. The van der Waals surface area contributed by atoms with Gasteiger partial charge in [0.15, 0.2) is 6.10 Å². The zero-order valence-corrected chi connectivity index (χ0v) is 13.3. The summed E-state index contributed by atoms with van der Waals surface area (Å²) in [5.74, 6) is 1.92. The Morgan fingerprint density at radius 3 is 2.87 bits per heavy atom. The number of fused-ring (bicyclic) bond motifs is 1. The van der Waals surface area contributed by atoms with E-state index in [0.29, 0.717) is 0 Å². The molecule has 0 saturated carbocycles. The fourth-order valence-electron chi connectivity index (χ4n) is 3.19. The van der Waals surface area contributed by atoms with Gasteiger partial charge >= 0.3 is 0 Å². The highest BCUT2D eigenvalue weighted by atomic mass is 16.5. The second-order valence-corrected chi connectivity index (χ2v) is 6.14. The van der Waals surface area contributed by atoms with Crippen molar-refractivity contribution in [2.24, 2.45) is 4.99 Å². The van der Waals surface area contributed by atoms with E-state index >= 15 is 0 Å². The first-order chi connectivity index (χ1) is 11.3. The molecule has 1 N–H and O–H groups in total. The van der Waals surface area contributed by atoms with Crippen molar-refractivity contribution in [2.75, 3.05) is 24.5 Å². The zero-order chi connectivity index (χ0) is 15.6. The first kappa shape index (κ1) is 14.1. The van der Waals surface area contributed by atoms with Crippen LogP contribution >= 0.6 is 0 Å². The lowest BCUT2D eigenvalue weighted by atomic mass is 10.1. The van der Waals surface area contributed by atoms with Gasteiger partial charge in [0.2, 0.25) is 0 Å². The lowest BCUT2D eigenvalue weighted by molar-refractivity contribution is 0.252. The van der Waals surface area contributed by atoms with Crippen LogP contribution in [0.15, 0.2) is 53.5 Å². The number of aryl methyl sites for hydroxylation is 1. The van der Waals surface area contributed by atoms with Gasteiger partial charge in [-0.15, -0.1) is 0 Å². The number of nitrogens with zero attached hydrogens (tertiary/aromatic N) is 2. The molecule has 23 heavy (non-hydrogen) atoms. The van der Waals surface area contributed by atoms with Crippen LogP contribution < -0.4 is 15.0 Å². The Balaban J connectivity index is 1.66. The SMILES string of the molecule is Cc1ccc2c(c1)N(Cc1ccccc1)CC(C1=NCCN1)O2. The molecule has 2 aromatic carbocycles. The first-order valence-electron chi connectivity index (χ1n) is 8.14. The number of benzene rings is 2. The molecule has 0 radical (unpaired) electrons. The molecule has 0 aliphatic carbocycles. The minimum absolute atomic E-state index is 0.0172. The van der Waals surface area contributed by atoms with Crippen LogP contribution in [0.4, 0.5) is 5.69 Å². The monoisotopic (exact) mass is 307 g/mol. The standard InChI is InChI=1S/C19H21N3O/c1-14-7-8-17-16(11-14)22(12-15-5-3-2-4-6-15)13-18(23-17)19-20-9-10-21-19/h2-8,11,18H,9-10,12-13H2,1H3,(H,20,21). The van der Waals surface area contributed by atoms with Crippen LogP contribution in [0.3, 0.4) is 0 Å². The highest BCUT2D eigenvalue weighted by Gasteiger charge is 2.30. The predicted octanol–water partition coefficient (Wildman–Crippen LogP) is 2.76. The summed E-state index contributed by atoms with van der Waals surface area (Å²) in [6.07, 6.45) is -0.0172. The average Bonchev–Trinajstić information content (AvgIpc) is 3.11. The van der Waals surface area contributed by atoms with Gasteiger partial charge in [0.25, 0.3) is 0 Å². The van der Waals surface area contributed by atoms with E-state index < -0.39 is 0 Å². The smallest absolute Gasteiger partial charge is 0.173 e. The molecular weight excluding hydrogens is 286 g/mol. The molecule has 0 saturated heterocycles. The normalized spacial score (nSPS) is 19.6. The van der Waals surface area contributed by atoms with E-state index in [2.05, 4.69) is 70.7 Å². The van der Waals surface area contributed by atoms with E-state index in [1.807, 2.05) is 0 Å². The molecule has 2 heterocycles. The Bertz CT molecular complexity index is 727. The summed E-state index contributed by atoms with van der Waals surface area (Å²) < 4.78 is 6.20. The largest absolute Gasteiger partial charge is 0.478 e. The van der Waals surface area contributed by atoms with Crippen molar-refractivity contribution in [3.8, 4) is 5.75 Å². The van der Waals surface area contributed by atoms with E-state index in [4.69, 9.17) is 4.74 Å². The minimum atomic E-state index is -0.0172. The van der Waals surface area contributed by atoms with Gasteiger partial charge < -0.3 is 15.0 Å². The summed E-state index contributed by atoms with van der Waals surface area (Å²) in [7, 11) is 0. The highest BCUT2D eigenvalue weighted by molar-refractivity contribution is 5.89. The Hall–Kier alpha value is -2.49. The number of aliphatic imine (C=N–C) groups is 1. The number of nitrogens with one attached hydrogen (secondary N) is 1. The highest BCUT2D eigenvalue weighted by Crippen LogP contribution is 2.35. The molecule has 0 spiro atoms.